The van der Waals surface area contributed by atoms with Crippen LogP contribution in [-0.4, -0.2) is 30.1 Å². The minimum absolute atomic E-state index is 0.523. The van der Waals surface area contributed by atoms with Gasteiger partial charge >= 0.3 is 0 Å². The van der Waals surface area contributed by atoms with Crippen molar-refractivity contribution in [3.8, 4) is 0 Å². The van der Waals surface area contributed by atoms with Crippen molar-refractivity contribution in [2.24, 2.45) is 5.41 Å². The molecule has 2 heterocycles. The second-order valence-corrected chi connectivity index (χ2v) is 6.65. The van der Waals surface area contributed by atoms with Gasteiger partial charge in [0.1, 0.15) is 17.5 Å². The number of piperidine rings is 1. The van der Waals surface area contributed by atoms with E-state index >= 15 is 0 Å². The number of hydrogen-bond acceptors (Lipinski definition) is 4. The molecule has 0 radical (unpaired) electrons. The van der Waals surface area contributed by atoms with Crippen molar-refractivity contribution < 1.29 is 0 Å². The largest absolute Gasteiger partial charge is 0.373 e. The van der Waals surface area contributed by atoms with Gasteiger partial charge in [-0.05, 0) is 31.1 Å². The Balaban J connectivity index is 1.78. The van der Waals surface area contributed by atoms with Crippen molar-refractivity contribution in [3.63, 3.8) is 0 Å². The molecule has 0 unspecified atom stereocenters. The fraction of sp³-hybridized carbons (Fsp3) is 0.750. The van der Waals surface area contributed by atoms with E-state index in [9.17, 15) is 0 Å². The molecule has 1 aliphatic heterocycles. The number of aromatic nitrogens is 2. The highest BCUT2D eigenvalue weighted by Gasteiger charge is 2.31. The molecule has 3 rings (SSSR count). The van der Waals surface area contributed by atoms with Gasteiger partial charge in [0.25, 0.3) is 0 Å². The number of hydrogen-bond donors (Lipinski definition) is 1. The molecule has 1 N–H and O–H groups in total. The smallest absolute Gasteiger partial charge is 0.136 e. The first kappa shape index (κ1) is 13.7. The Morgan fingerprint density at radius 3 is 2.55 bits per heavy atom. The van der Waals surface area contributed by atoms with Crippen LogP contribution in [0.1, 0.15) is 57.7 Å². The molecule has 1 aromatic rings. The summed E-state index contributed by atoms with van der Waals surface area (Å²) >= 11 is 0. The second kappa shape index (κ2) is 5.23. The first-order valence-corrected chi connectivity index (χ1v) is 7.95. The molecule has 2 fully saturated rings. The van der Waals surface area contributed by atoms with Gasteiger partial charge in [-0.15, -0.1) is 0 Å². The lowest BCUT2D eigenvalue weighted by molar-refractivity contribution is 0.237. The van der Waals surface area contributed by atoms with Gasteiger partial charge < -0.3 is 10.2 Å². The van der Waals surface area contributed by atoms with Gasteiger partial charge in [-0.1, -0.05) is 20.3 Å². The minimum Gasteiger partial charge on any atom is -0.373 e. The highest BCUT2D eigenvalue weighted by atomic mass is 15.2. The van der Waals surface area contributed by atoms with Crippen LogP contribution in [0.2, 0.25) is 0 Å². The van der Waals surface area contributed by atoms with Gasteiger partial charge in [0.15, 0.2) is 0 Å². The van der Waals surface area contributed by atoms with E-state index in [2.05, 4.69) is 35.1 Å². The van der Waals surface area contributed by atoms with Crippen molar-refractivity contribution in [1.29, 1.82) is 0 Å². The van der Waals surface area contributed by atoms with E-state index in [-0.39, 0.29) is 0 Å². The molecule has 1 aliphatic carbocycles. The van der Waals surface area contributed by atoms with Crippen LogP contribution in [0.4, 0.5) is 11.6 Å². The van der Waals surface area contributed by atoms with E-state index in [0.717, 1.165) is 30.5 Å². The molecular weight excluding hydrogens is 248 g/mol. The van der Waals surface area contributed by atoms with Gasteiger partial charge in [-0.2, -0.15) is 0 Å². The van der Waals surface area contributed by atoms with Crippen LogP contribution in [-0.2, 0) is 0 Å². The molecule has 1 saturated heterocycles. The zero-order valence-corrected chi connectivity index (χ0v) is 12.9. The summed E-state index contributed by atoms with van der Waals surface area (Å²) in [6.07, 6.45) is 6.31. The second-order valence-electron chi connectivity index (χ2n) is 6.65. The summed E-state index contributed by atoms with van der Waals surface area (Å²) in [5.74, 6) is 3.72. The number of nitrogens with zero attached hydrogens (tertiary/aromatic N) is 3. The van der Waals surface area contributed by atoms with Gasteiger partial charge in [0, 0.05) is 32.1 Å². The number of anilines is 2. The van der Waals surface area contributed by atoms with Crippen LogP contribution in [0.15, 0.2) is 6.07 Å². The van der Waals surface area contributed by atoms with Gasteiger partial charge in [0.2, 0.25) is 0 Å². The standard InChI is InChI=1S/C16H26N4/c1-4-16(2)7-9-20(10-8-16)14-11-13(17-3)18-15(19-14)12-5-6-12/h11-12H,4-10H2,1-3H3,(H,17,18,19). The molecule has 110 valence electrons. The van der Waals surface area contributed by atoms with Crippen LogP contribution >= 0.6 is 0 Å². The van der Waals surface area contributed by atoms with Crippen molar-refractivity contribution >= 4 is 11.6 Å². The first-order chi connectivity index (χ1) is 9.63. The predicted molar refractivity (Wildman–Crippen MR) is 83.4 cm³/mol. The van der Waals surface area contributed by atoms with Crippen LogP contribution in [0.3, 0.4) is 0 Å². The van der Waals surface area contributed by atoms with Crippen LogP contribution < -0.4 is 10.2 Å². The predicted octanol–water partition coefficient (Wildman–Crippen LogP) is 3.41. The summed E-state index contributed by atoms with van der Waals surface area (Å²) in [4.78, 5) is 11.9. The molecular formula is C16H26N4. The lowest BCUT2D eigenvalue weighted by atomic mass is 9.78. The normalized spacial score (nSPS) is 21.9. The Bertz CT molecular complexity index is 473. The zero-order valence-electron chi connectivity index (χ0n) is 12.9. The summed E-state index contributed by atoms with van der Waals surface area (Å²) in [5, 5.41) is 3.18. The molecule has 1 aromatic heterocycles. The van der Waals surface area contributed by atoms with E-state index < -0.39 is 0 Å². The van der Waals surface area contributed by atoms with Gasteiger partial charge in [0.05, 0.1) is 0 Å². The third-order valence-corrected chi connectivity index (χ3v) is 5.08. The zero-order chi connectivity index (χ0) is 14.2. The fourth-order valence-electron chi connectivity index (χ4n) is 2.90. The van der Waals surface area contributed by atoms with Crippen molar-refractivity contribution in [3.05, 3.63) is 11.9 Å². The molecule has 2 aliphatic rings. The average Bonchev–Trinajstić information content (AvgIpc) is 3.32. The lowest BCUT2D eigenvalue weighted by Gasteiger charge is -2.39. The van der Waals surface area contributed by atoms with E-state index in [4.69, 9.17) is 4.98 Å². The summed E-state index contributed by atoms with van der Waals surface area (Å²) < 4.78 is 0. The molecule has 0 spiro atoms. The number of rotatable bonds is 4. The van der Waals surface area contributed by atoms with Crippen molar-refractivity contribution in [2.45, 2.75) is 51.9 Å². The van der Waals surface area contributed by atoms with Crippen LogP contribution in [0.5, 0.6) is 0 Å². The van der Waals surface area contributed by atoms with E-state index in [1.165, 1.54) is 32.1 Å². The third-order valence-electron chi connectivity index (χ3n) is 5.08. The molecule has 0 aromatic carbocycles. The molecule has 0 amide bonds. The lowest BCUT2D eigenvalue weighted by Crippen LogP contribution is -2.39. The topological polar surface area (TPSA) is 41.0 Å². The molecule has 4 heteroatoms. The summed E-state index contributed by atoms with van der Waals surface area (Å²) in [7, 11) is 1.94. The summed E-state index contributed by atoms with van der Waals surface area (Å²) in [6, 6.07) is 2.10. The summed E-state index contributed by atoms with van der Waals surface area (Å²) in [5.41, 5.74) is 0.523. The van der Waals surface area contributed by atoms with Crippen LogP contribution in [0, 0.1) is 5.41 Å². The minimum atomic E-state index is 0.523. The van der Waals surface area contributed by atoms with Gasteiger partial charge in [-0.3, -0.25) is 0 Å². The highest BCUT2D eigenvalue weighted by molar-refractivity contribution is 5.50. The Hall–Kier alpha value is -1.32. The summed E-state index contributed by atoms with van der Waals surface area (Å²) in [6.45, 7) is 6.97. The fourth-order valence-corrected chi connectivity index (χ4v) is 2.90. The third kappa shape index (κ3) is 2.74. The maximum atomic E-state index is 4.82. The Morgan fingerprint density at radius 1 is 1.30 bits per heavy atom. The maximum absolute atomic E-state index is 4.82. The maximum Gasteiger partial charge on any atom is 0.136 e. The van der Waals surface area contributed by atoms with E-state index in [1.807, 2.05) is 7.05 Å². The first-order valence-electron chi connectivity index (χ1n) is 7.95. The Labute approximate surface area is 122 Å². The molecule has 4 nitrogen and oxygen atoms in total. The van der Waals surface area contributed by atoms with E-state index in [0.29, 0.717) is 11.3 Å². The Morgan fingerprint density at radius 2 is 2.00 bits per heavy atom. The van der Waals surface area contributed by atoms with Crippen molar-refractivity contribution in [1.82, 2.24) is 9.97 Å². The van der Waals surface area contributed by atoms with E-state index in [1.54, 1.807) is 0 Å². The SMILES string of the molecule is CCC1(C)CCN(c2cc(NC)nc(C3CC3)n2)CC1. The van der Waals surface area contributed by atoms with Crippen LogP contribution in [0.25, 0.3) is 0 Å². The average molecular weight is 274 g/mol. The number of nitrogens with one attached hydrogen (secondary N) is 1. The molecule has 1 saturated carbocycles. The quantitative estimate of drug-likeness (QED) is 0.913. The Kier molecular flexibility index (Phi) is 3.57. The van der Waals surface area contributed by atoms with Crippen molar-refractivity contribution in [2.75, 3.05) is 30.4 Å². The van der Waals surface area contributed by atoms with Gasteiger partial charge in [-0.25, -0.2) is 9.97 Å². The molecule has 20 heavy (non-hydrogen) atoms. The molecule has 0 bridgehead atoms. The monoisotopic (exact) mass is 274 g/mol. The molecule has 0 atom stereocenters. The highest BCUT2D eigenvalue weighted by Crippen LogP contribution is 2.40.